The molecular formula is C8H5BrF3NO. The number of anilines is 1. The van der Waals surface area contributed by atoms with Crippen LogP contribution in [-0.2, 0) is 4.79 Å². The Morgan fingerprint density at radius 3 is 2.14 bits per heavy atom. The number of amides is 1. The Bertz CT molecular complexity index is 325. The normalized spacial score (nSPS) is 11.1. The molecule has 1 amide bonds. The SMILES string of the molecule is O=C(N(Br)c1ccccc1)C(F)(F)F. The molecule has 1 rings (SSSR count). The topological polar surface area (TPSA) is 20.3 Å². The summed E-state index contributed by atoms with van der Waals surface area (Å²) >= 11 is 2.55. The number of rotatable bonds is 1. The molecule has 6 heteroatoms. The quantitative estimate of drug-likeness (QED) is 0.717. The minimum atomic E-state index is -4.88. The summed E-state index contributed by atoms with van der Waals surface area (Å²) < 4.78 is 36.3. The summed E-state index contributed by atoms with van der Waals surface area (Å²) in [5.41, 5.74) is 0.134. The third-order valence-electron chi connectivity index (χ3n) is 1.40. The molecule has 0 unspecified atom stereocenters. The first-order chi connectivity index (χ1) is 6.43. The average Bonchev–Trinajstić information content (AvgIpc) is 2.15. The van der Waals surface area contributed by atoms with Gasteiger partial charge < -0.3 is 0 Å². The van der Waals surface area contributed by atoms with E-state index in [0.717, 1.165) is 0 Å². The van der Waals surface area contributed by atoms with Gasteiger partial charge in [0.15, 0.2) is 0 Å². The highest BCUT2D eigenvalue weighted by Gasteiger charge is 2.42. The lowest BCUT2D eigenvalue weighted by atomic mass is 10.3. The van der Waals surface area contributed by atoms with Gasteiger partial charge in [0.2, 0.25) is 0 Å². The van der Waals surface area contributed by atoms with Crippen molar-refractivity contribution < 1.29 is 18.0 Å². The van der Waals surface area contributed by atoms with Crippen molar-refractivity contribution in [2.75, 3.05) is 3.93 Å². The summed E-state index contributed by atoms with van der Waals surface area (Å²) in [6.07, 6.45) is -4.88. The van der Waals surface area contributed by atoms with Gasteiger partial charge in [-0.1, -0.05) is 18.2 Å². The maximum absolute atomic E-state index is 12.0. The molecule has 1 aromatic carbocycles. The first-order valence-corrected chi connectivity index (χ1v) is 4.26. The summed E-state index contributed by atoms with van der Waals surface area (Å²) in [5.74, 6) is -1.95. The molecule has 0 atom stereocenters. The van der Waals surface area contributed by atoms with Gasteiger partial charge in [-0.2, -0.15) is 13.2 Å². The number of benzene rings is 1. The fourth-order valence-electron chi connectivity index (χ4n) is 0.787. The molecule has 0 bridgehead atoms. The van der Waals surface area contributed by atoms with Gasteiger partial charge in [0.25, 0.3) is 0 Å². The number of hydrogen-bond acceptors (Lipinski definition) is 1. The summed E-state index contributed by atoms with van der Waals surface area (Å²) in [6, 6.07) is 7.49. The minimum Gasteiger partial charge on any atom is -0.263 e. The molecule has 1 aromatic rings. The van der Waals surface area contributed by atoms with Gasteiger partial charge in [0.05, 0.1) is 21.8 Å². The van der Waals surface area contributed by atoms with E-state index in [1.54, 1.807) is 6.07 Å². The van der Waals surface area contributed by atoms with Gasteiger partial charge in [-0.25, -0.2) is 3.93 Å². The maximum atomic E-state index is 12.0. The number of nitrogens with zero attached hydrogens (tertiary/aromatic N) is 1. The van der Waals surface area contributed by atoms with E-state index in [4.69, 9.17) is 0 Å². The Kier molecular flexibility index (Phi) is 3.15. The van der Waals surface area contributed by atoms with E-state index >= 15 is 0 Å². The van der Waals surface area contributed by atoms with Crippen LogP contribution in [0.25, 0.3) is 0 Å². The molecule has 0 aliphatic rings. The molecule has 0 aliphatic heterocycles. The van der Waals surface area contributed by atoms with Gasteiger partial charge in [-0.15, -0.1) is 0 Å². The van der Waals surface area contributed by atoms with E-state index in [9.17, 15) is 18.0 Å². The smallest absolute Gasteiger partial charge is 0.263 e. The minimum absolute atomic E-state index is 0.134. The molecule has 0 spiro atoms. The van der Waals surface area contributed by atoms with Crippen LogP contribution in [0.15, 0.2) is 30.3 Å². The van der Waals surface area contributed by atoms with Gasteiger partial charge in [-0.05, 0) is 12.1 Å². The second-order valence-electron chi connectivity index (χ2n) is 2.42. The van der Waals surface area contributed by atoms with E-state index in [-0.39, 0.29) is 5.69 Å². The van der Waals surface area contributed by atoms with Crippen molar-refractivity contribution in [3.8, 4) is 0 Å². The fraction of sp³-hybridized carbons (Fsp3) is 0.125. The van der Waals surface area contributed by atoms with E-state index in [1.807, 2.05) is 0 Å². The second-order valence-corrected chi connectivity index (χ2v) is 3.13. The van der Waals surface area contributed by atoms with Crippen molar-refractivity contribution in [1.29, 1.82) is 0 Å². The lowest BCUT2D eigenvalue weighted by Gasteiger charge is -2.15. The van der Waals surface area contributed by atoms with E-state index in [2.05, 4.69) is 16.1 Å². The Morgan fingerprint density at radius 2 is 1.71 bits per heavy atom. The zero-order valence-electron chi connectivity index (χ0n) is 6.75. The van der Waals surface area contributed by atoms with Crippen molar-refractivity contribution in [3.05, 3.63) is 30.3 Å². The molecule has 0 aliphatic carbocycles. The van der Waals surface area contributed by atoms with Crippen LogP contribution in [-0.4, -0.2) is 12.1 Å². The molecule has 0 heterocycles. The number of para-hydroxylation sites is 1. The van der Waals surface area contributed by atoms with Crippen molar-refractivity contribution in [2.24, 2.45) is 0 Å². The highest BCUT2D eigenvalue weighted by molar-refractivity contribution is 9.10. The number of carbonyl (C=O) groups excluding carboxylic acids is 1. The van der Waals surface area contributed by atoms with Crippen LogP contribution in [0.4, 0.5) is 18.9 Å². The third kappa shape index (κ3) is 2.47. The van der Waals surface area contributed by atoms with Crippen LogP contribution in [0, 0.1) is 0 Å². The standard InChI is InChI=1S/C8H5BrF3NO/c9-13(7(14)8(10,11)12)6-4-2-1-3-5-6/h1-5H. The van der Waals surface area contributed by atoms with Gasteiger partial charge in [0, 0.05) is 0 Å². The van der Waals surface area contributed by atoms with Crippen molar-refractivity contribution in [2.45, 2.75) is 6.18 Å². The fourth-order valence-corrected chi connectivity index (χ4v) is 1.22. The van der Waals surface area contributed by atoms with Gasteiger partial charge in [0.1, 0.15) is 0 Å². The predicted molar refractivity (Wildman–Crippen MR) is 48.9 cm³/mol. The molecule has 0 fully saturated rings. The molecular weight excluding hydrogens is 263 g/mol. The molecule has 14 heavy (non-hydrogen) atoms. The monoisotopic (exact) mass is 267 g/mol. The van der Waals surface area contributed by atoms with Gasteiger partial charge >= 0.3 is 12.1 Å². The van der Waals surface area contributed by atoms with Crippen LogP contribution in [0.2, 0.25) is 0 Å². The van der Waals surface area contributed by atoms with E-state index in [0.29, 0.717) is 3.93 Å². The molecule has 76 valence electrons. The molecule has 0 saturated carbocycles. The molecule has 0 radical (unpaired) electrons. The Hall–Kier alpha value is -1.04. The average molecular weight is 268 g/mol. The Balaban J connectivity index is 2.87. The molecule has 0 aromatic heterocycles. The first kappa shape index (κ1) is 11.0. The van der Waals surface area contributed by atoms with Crippen LogP contribution < -0.4 is 3.93 Å². The Labute approximate surface area is 86.7 Å². The van der Waals surface area contributed by atoms with E-state index < -0.39 is 12.1 Å². The predicted octanol–water partition coefficient (Wildman–Crippen LogP) is 2.89. The second kappa shape index (κ2) is 4.00. The van der Waals surface area contributed by atoms with Crippen molar-refractivity contribution >= 4 is 27.7 Å². The largest absolute Gasteiger partial charge is 0.472 e. The van der Waals surface area contributed by atoms with Crippen molar-refractivity contribution in [1.82, 2.24) is 0 Å². The summed E-state index contributed by atoms with van der Waals surface area (Å²) in [7, 11) is 0. The number of alkyl halides is 3. The lowest BCUT2D eigenvalue weighted by Crippen LogP contribution is -2.34. The highest BCUT2D eigenvalue weighted by atomic mass is 79.9. The maximum Gasteiger partial charge on any atom is 0.472 e. The summed E-state index contributed by atoms with van der Waals surface area (Å²) in [4.78, 5) is 10.7. The first-order valence-electron chi connectivity index (χ1n) is 3.55. The molecule has 0 saturated heterocycles. The number of halogens is 4. The zero-order valence-corrected chi connectivity index (χ0v) is 8.34. The summed E-state index contributed by atoms with van der Waals surface area (Å²) in [5, 5.41) is 0. The van der Waals surface area contributed by atoms with Crippen LogP contribution in [0.3, 0.4) is 0 Å². The number of carbonyl (C=O) groups is 1. The highest BCUT2D eigenvalue weighted by Crippen LogP contribution is 2.25. The molecule has 0 N–H and O–H groups in total. The summed E-state index contributed by atoms with van der Waals surface area (Å²) in [6.45, 7) is 0. The van der Waals surface area contributed by atoms with Crippen LogP contribution >= 0.6 is 16.1 Å². The van der Waals surface area contributed by atoms with Crippen molar-refractivity contribution in [3.63, 3.8) is 0 Å². The lowest BCUT2D eigenvalue weighted by molar-refractivity contribution is -0.168. The third-order valence-corrected chi connectivity index (χ3v) is 2.14. The molecule has 2 nitrogen and oxygen atoms in total. The van der Waals surface area contributed by atoms with Crippen LogP contribution in [0.5, 0.6) is 0 Å². The van der Waals surface area contributed by atoms with E-state index in [1.165, 1.54) is 24.3 Å². The van der Waals surface area contributed by atoms with Crippen LogP contribution in [0.1, 0.15) is 0 Å². The number of hydrogen-bond donors (Lipinski definition) is 0. The Morgan fingerprint density at radius 1 is 1.21 bits per heavy atom. The van der Waals surface area contributed by atoms with Gasteiger partial charge in [-0.3, -0.25) is 4.79 Å². The zero-order chi connectivity index (χ0) is 10.8.